The summed E-state index contributed by atoms with van der Waals surface area (Å²) in [7, 11) is 0. The van der Waals surface area contributed by atoms with Gasteiger partial charge >= 0.3 is 6.09 Å². The SMILES string of the molecule is CC(C)(C)OC(=O)Nc1ccc([C@@H]2COC[C@@H]2CO)c(F)c1. The molecule has 0 unspecified atom stereocenters. The molecule has 5 nitrogen and oxygen atoms in total. The van der Waals surface area contributed by atoms with Crippen molar-refractivity contribution in [1.29, 1.82) is 0 Å². The number of aliphatic hydroxyl groups is 1. The van der Waals surface area contributed by atoms with Crippen LogP contribution in [0.1, 0.15) is 32.3 Å². The summed E-state index contributed by atoms with van der Waals surface area (Å²) in [4.78, 5) is 11.7. The lowest BCUT2D eigenvalue weighted by atomic mass is 9.89. The number of anilines is 1. The molecule has 0 spiro atoms. The van der Waals surface area contributed by atoms with Gasteiger partial charge in [-0.05, 0) is 38.5 Å². The molecular weight excluding hydrogens is 289 g/mol. The molecule has 2 N–H and O–H groups in total. The van der Waals surface area contributed by atoms with Crippen molar-refractivity contribution < 1.29 is 23.8 Å². The molecule has 0 radical (unpaired) electrons. The third-order valence-corrected chi connectivity index (χ3v) is 3.48. The van der Waals surface area contributed by atoms with Gasteiger partial charge in [-0.15, -0.1) is 0 Å². The summed E-state index contributed by atoms with van der Waals surface area (Å²) in [6, 6.07) is 4.49. The van der Waals surface area contributed by atoms with Crippen LogP contribution in [0.3, 0.4) is 0 Å². The van der Waals surface area contributed by atoms with Crippen molar-refractivity contribution in [2.24, 2.45) is 5.92 Å². The number of benzene rings is 1. The molecule has 1 aliphatic heterocycles. The molecule has 1 fully saturated rings. The maximum absolute atomic E-state index is 14.3. The van der Waals surface area contributed by atoms with Crippen molar-refractivity contribution in [3.8, 4) is 0 Å². The van der Waals surface area contributed by atoms with Crippen LogP contribution < -0.4 is 5.32 Å². The Bertz CT molecular complexity index is 541. The highest BCUT2D eigenvalue weighted by Gasteiger charge is 2.31. The number of halogens is 1. The summed E-state index contributed by atoms with van der Waals surface area (Å²) < 4.78 is 24.7. The van der Waals surface area contributed by atoms with E-state index < -0.39 is 17.5 Å². The predicted octanol–water partition coefficient (Wildman–Crippen LogP) is 2.90. The standard InChI is InChI=1S/C16H22FNO4/c1-16(2,3)22-15(20)18-11-4-5-12(14(17)6-11)13-9-21-8-10(13)7-19/h4-6,10,13,19H,7-9H2,1-3H3,(H,18,20)/t10-,13+/m0/s1. The van der Waals surface area contributed by atoms with Crippen molar-refractivity contribution in [2.75, 3.05) is 25.1 Å². The minimum Gasteiger partial charge on any atom is -0.444 e. The molecule has 0 aromatic heterocycles. The summed E-state index contributed by atoms with van der Waals surface area (Å²) >= 11 is 0. The number of ether oxygens (including phenoxy) is 2. The first kappa shape index (κ1) is 16.7. The molecule has 1 saturated heterocycles. The lowest BCUT2D eigenvalue weighted by Crippen LogP contribution is -2.27. The summed E-state index contributed by atoms with van der Waals surface area (Å²) in [6.07, 6.45) is -0.628. The Morgan fingerprint density at radius 2 is 2.18 bits per heavy atom. The molecule has 1 aliphatic rings. The largest absolute Gasteiger partial charge is 0.444 e. The smallest absolute Gasteiger partial charge is 0.412 e. The van der Waals surface area contributed by atoms with Crippen LogP contribution in [0.25, 0.3) is 0 Å². The van der Waals surface area contributed by atoms with Crippen LogP contribution in [0.5, 0.6) is 0 Å². The van der Waals surface area contributed by atoms with Gasteiger partial charge in [0.2, 0.25) is 0 Å². The zero-order chi connectivity index (χ0) is 16.3. The number of rotatable bonds is 3. The third kappa shape index (κ3) is 4.18. The highest BCUT2D eigenvalue weighted by molar-refractivity contribution is 5.84. The number of carbonyl (C=O) groups excluding carboxylic acids is 1. The lowest BCUT2D eigenvalue weighted by molar-refractivity contribution is 0.0636. The van der Waals surface area contributed by atoms with Crippen LogP contribution >= 0.6 is 0 Å². The first-order valence-corrected chi connectivity index (χ1v) is 7.28. The maximum atomic E-state index is 14.3. The number of carbonyl (C=O) groups is 1. The van der Waals surface area contributed by atoms with Crippen LogP contribution in [0.2, 0.25) is 0 Å². The van der Waals surface area contributed by atoms with Crippen LogP contribution in [-0.2, 0) is 9.47 Å². The highest BCUT2D eigenvalue weighted by atomic mass is 19.1. The molecule has 0 aliphatic carbocycles. The van der Waals surface area contributed by atoms with E-state index in [2.05, 4.69) is 5.32 Å². The van der Waals surface area contributed by atoms with E-state index in [1.165, 1.54) is 6.07 Å². The van der Waals surface area contributed by atoms with E-state index >= 15 is 0 Å². The number of amides is 1. The molecule has 22 heavy (non-hydrogen) atoms. The van der Waals surface area contributed by atoms with Gasteiger partial charge in [0.25, 0.3) is 0 Å². The first-order valence-electron chi connectivity index (χ1n) is 7.28. The average Bonchev–Trinajstić information content (AvgIpc) is 2.84. The number of aliphatic hydroxyl groups excluding tert-OH is 1. The molecule has 122 valence electrons. The van der Waals surface area contributed by atoms with Crippen molar-refractivity contribution in [2.45, 2.75) is 32.3 Å². The first-order chi connectivity index (χ1) is 10.3. The Balaban J connectivity index is 2.08. The van der Waals surface area contributed by atoms with E-state index in [1.807, 2.05) is 0 Å². The Morgan fingerprint density at radius 1 is 1.45 bits per heavy atom. The zero-order valence-corrected chi connectivity index (χ0v) is 13.1. The fraction of sp³-hybridized carbons (Fsp3) is 0.562. The predicted molar refractivity (Wildman–Crippen MR) is 80.4 cm³/mol. The van der Waals surface area contributed by atoms with Gasteiger partial charge in [-0.25, -0.2) is 9.18 Å². The van der Waals surface area contributed by atoms with E-state index in [0.717, 1.165) is 0 Å². The molecule has 1 amide bonds. The fourth-order valence-electron chi connectivity index (χ4n) is 2.45. The van der Waals surface area contributed by atoms with Crippen LogP contribution in [0.4, 0.5) is 14.9 Å². The van der Waals surface area contributed by atoms with Crippen LogP contribution in [-0.4, -0.2) is 36.6 Å². The summed E-state index contributed by atoms with van der Waals surface area (Å²) in [5.41, 5.74) is 0.208. The van der Waals surface area contributed by atoms with Gasteiger partial charge in [-0.3, -0.25) is 5.32 Å². The Hall–Kier alpha value is -1.66. The molecular formula is C16H22FNO4. The second-order valence-electron chi connectivity index (χ2n) is 6.45. The van der Waals surface area contributed by atoms with Crippen molar-refractivity contribution in [3.63, 3.8) is 0 Å². The van der Waals surface area contributed by atoms with Gasteiger partial charge in [0.1, 0.15) is 11.4 Å². The zero-order valence-electron chi connectivity index (χ0n) is 13.1. The fourth-order valence-corrected chi connectivity index (χ4v) is 2.45. The second-order valence-corrected chi connectivity index (χ2v) is 6.45. The average molecular weight is 311 g/mol. The van der Waals surface area contributed by atoms with Crippen LogP contribution in [0, 0.1) is 11.7 Å². The Kier molecular flexibility index (Phi) is 5.03. The number of hydrogen-bond donors (Lipinski definition) is 2. The van der Waals surface area contributed by atoms with Gasteiger partial charge in [0.15, 0.2) is 0 Å². The highest BCUT2D eigenvalue weighted by Crippen LogP contribution is 2.33. The number of hydrogen-bond acceptors (Lipinski definition) is 4. The summed E-state index contributed by atoms with van der Waals surface area (Å²) in [5.74, 6) is -0.692. The number of nitrogens with one attached hydrogen (secondary N) is 1. The van der Waals surface area contributed by atoms with Crippen molar-refractivity contribution >= 4 is 11.8 Å². The van der Waals surface area contributed by atoms with Gasteiger partial charge in [-0.2, -0.15) is 0 Å². The molecule has 1 aromatic carbocycles. The quantitative estimate of drug-likeness (QED) is 0.900. The normalized spacial score (nSPS) is 21.7. The minimum absolute atomic E-state index is 0.0397. The van der Waals surface area contributed by atoms with Crippen LogP contribution in [0.15, 0.2) is 18.2 Å². The van der Waals surface area contributed by atoms with E-state index in [-0.39, 0.29) is 18.4 Å². The second kappa shape index (κ2) is 6.62. The minimum atomic E-state index is -0.628. The van der Waals surface area contributed by atoms with E-state index in [1.54, 1.807) is 32.9 Å². The molecule has 6 heteroatoms. The van der Waals surface area contributed by atoms with E-state index in [0.29, 0.717) is 24.5 Å². The molecule has 2 rings (SSSR count). The Morgan fingerprint density at radius 3 is 2.77 bits per heavy atom. The summed E-state index contributed by atoms with van der Waals surface area (Å²) in [6.45, 7) is 6.05. The summed E-state index contributed by atoms with van der Waals surface area (Å²) in [5, 5.41) is 11.8. The molecule has 1 heterocycles. The third-order valence-electron chi connectivity index (χ3n) is 3.48. The molecule has 0 saturated carbocycles. The van der Waals surface area contributed by atoms with Gasteiger partial charge < -0.3 is 14.6 Å². The monoisotopic (exact) mass is 311 g/mol. The van der Waals surface area contributed by atoms with E-state index in [4.69, 9.17) is 9.47 Å². The van der Waals surface area contributed by atoms with E-state index in [9.17, 15) is 14.3 Å². The van der Waals surface area contributed by atoms with Gasteiger partial charge in [0, 0.05) is 24.1 Å². The maximum Gasteiger partial charge on any atom is 0.412 e. The molecule has 0 bridgehead atoms. The molecule has 2 atom stereocenters. The van der Waals surface area contributed by atoms with Gasteiger partial charge in [0.05, 0.1) is 13.2 Å². The van der Waals surface area contributed by atoms with Crippen molar-refractivity contribution in [1.82, 2.24) is 0 Å². The topological polar surface area (TPSA) is 67.8 Å². The van der Waals surface area contributed by atoms with Crippen molar-refractivity contribution in [3.05, 3.63) is 29.6 Å². The Labute approximate surface area is 129 Å². The lowest BCUT2D eigenvalue weighted by Gasteiger charge is -2.20. The molecule has 1 aromatic rings. The van der Waals surface area contributed by atoms with Gasteiger partial charge in [-0.1, -0.05) is 6.07 Å².